The molecule has 0 saturated heterocycles. The maximum absolute atomic E-state index is 13.8. The van der Waals surface area contributed by atoms with Gasteiger partial charge in [-0.25, -0.2) is 4.98 Å². The summed E-state index contributed by atoms with van der Waals surface area (Å²) in [7, 11) is 0. The number of carbonyl (C=O) groups is 1. The minimum Gasteiger partial charge on any atom is -0.348 e. The van der Waals surface area contributed by atoms with E-state index >= 15 is 0 Å². The van der Waals surface area contributed by atoms with Crippen LogP contribution in [0.15, 0.2) is 30.5 Å². The summed E-state index contributed by atoms with van der Waals surface area (Å²) >= 11 is 0. The molecule has 1 saturated carbocycles. The monoisotopic (exact) mass is 419 g/mol. The molecule has 0 unspecified atom stereocenters. The molecule has 31 heavy (non-hydrogen) atoms. The molecule has 1 aliphatic carbocycles. The van der Waals surface area contributed by atoms with Crippen LogP contribution < -0.4 is 10.6 Å². The van der Waals surface area contributed by atoms with Crippen molar-refractivity contribution in [3.63, 3.8) is 0 Å². The Balaban J connectivity index is 1.56. The maximum Gasteiger partial charge on any atom is 0.235 e. The average molecular weight is 420 g/mol. The average Bonchev–Trinajstić information content (AvgIpc) is 3.48. The lowest BCUT2D eigenvalue weighted by Gasteiger charge is -2.39. The Morgan fingerprint density at radius 1 is 1.23 bits per heavy atom. The SMILES string of the molecule is CC(C)CCn1c(CN2C(=O)C3(CCCC3)Cc3cc[nH]c32)nc2cc(CN)ccc21. The van der Waals surface area contributed by atoms with E-state index in [-0.39, 0.29) is 11.3 Å². The van der Waals surface area contributed by atoms with E-state index in [2.05, 4.69) is 47.7 Å². The van der Waals surface area contributed by atoms with Gasteiger partial charge in [-0.1, -0.05) is 32.8 Å². The van der Waals surface area contributed by atoms with Crippen LogP contribution in [0, 0.1) is 11.3 Å². The molecule has 3 heterocycles. The first-order valence-electron chi connectivity index (χ1n) is 11.7. The largest absolute Gasteiger partial charge is 0.348 e. The second kappa shape index (κ2) is 7.83. The van der Waals surface area contributed by atoms with Crippen LogP contribution in [0.4, 0.5) is 5.82 Å². The van der Waals surface area contributed by atoms with E-state index in [0.717, 1.165) is 73.3 Å². The molecule has 1 amide bonds. The van der Waals surface area contributed by atoms with Crippen molar-refractivity contribution in [3.8, 4) is 0 Å². The zero-order chi connectivity index (χ0) is 21.6. The molecular weight excluding hydrogens is 386 g/mol. The summed E-state index contributed by atoms with van der Waals surface area (Å²) in [4.78, 5) is 24.1. The number of nitrogens with one attached hydrogen (secondary N) is 1. The molecule has 2 aromatic heterocycles. The van der Waals surface area contributed by atoms with Gasteiger partial charge in [0.25, 0.3) is 0 Å². The number of nitrogens with zero attached hydrogens (tertiary/aromatic N) is 3. The van der Waals surface area contributed by atoms with Crippen molar-refractivity contribution >= 4 is 22.8 Å². The van der Waals surface area contributed by atoms with E-state index in [4.69, 9.17) is 10.7 Å². The second-order valence-electron chi connectivity index (χ2n) is 9.80. The van der Waals surface area contributed by atoms with E-state index in [0.29, 0.717) is 19.0 Å². The van der Waals surface area contributed by atoms with Crippen LogP contribution in [0.1, 0.15) is 62.9 Å². The third-order valence-electron chi connectivity index (χ3n) is 7.22. The van der Waals surface area contributed by atoms with Crippen LogP contribution >= 0.6 is 0 Å². The molecule has 6 nitrogen and oxygen atoms in total. The van der Waals surface area contributed by atoms with E-state index in [1.165, 1.54) is 5.56 Å². The molecule has 5 rings (SSSR count). The zero-order valence-electron chi connectivity index (χ0n) is 18.7. The number of imidazole rings is 1. The lowest BCUT2D eigenvalue weighted by molar-refractivity contribution is -0.128. The number of amides is 1. The first kappa shape index (κ1) is 20.3. The lowest BCUT2D eigenvalue weighted by atomic mass is 9.76. The minimum absolute atomic E-state index is 0.226. The molecule has 3 N–H and O–H groups in total. The van der Waals surface area contributed by atoms with E-state index < -0.39 is 0 Å². The highest BCUT2D eigenvalue weighted by molar-refractivity contribution is 6.00. The van der Waals surface area contributed by atoms with Gasteiger partial charge in [-0.05, 0) is 60.9 Å². The highest BCUT2D eigenvalue weighted by Crippen LogP contribution is 2.48. The van der Waals surface area contributed by atoms with Gasteiger partial charge in [0.05, 0.1) is 23.0 Å². The molecule has 0 atom stereocenters. The number of benzene rings is 1. The van der Waals surface area contributed by atoms with Gasteiger partial charge in [0.1, 0.15) is 11.6 Å². The topological polar surface area (TPSA) is 79.9 Å². The molecule has 1 aliphatic heterocycles. The van der Waals surface area contributed by atoms with E-state index in [1.807, 2.05) is 11.1 Å². The van der Waals surface area contributed by atoms with Crippen molar-refractivity contribution in [1.29, 1.82) is 0 Å². The Morgan fingerprint density at radius 2 is 2.03 bits per heavy atom. The van der Waals surface area contributed by atoms with Crippen molar-refractivity contribution < 1.29 is 4.79 Å². The van der Waals surface area contributed by atoms with Gasteiger partial charge in [-0.3, -0.25) is 9.69 Å². The highest BCUT2D eigenvalue weighted by atomic mass is 16.2. The van der Waals surface area contributed by atoms with Gasteiger partial charge in [0.2, 0.25) is 5.91 Å². The van der Waals surface area contributed by atoms with Crippen LogP contribution in [0.25, 0.3) is 11.0 Å². The van der Waals surface area contributed by atoms with Gasteiger partial charge < -0.3 is 15.3 Å². The van der Waals surface area contributed by atoms with Gasteiger partial charge in [0.15, 0.2) is 0 Å². The third-order valence-corrected chi connectivity index (χ3v) is 7.22. The number of carbonyl (C=O) groups excluding carboxylic acids is 1. The number of hydrogen-bond acceptors (Lipinski definition) is 3. The number of aromatic nitrogens is 3. The summed E-state index contributed by atoms with van der Waals surface area (Å²) in [6, 6.07) is 8.44. The molecule has 0 bridgehead atoms. The number of hydrogen-bond donors (Lipinski definition) is 2. The standard InChI is InChI=1S/C25H33N5O/c1-17(2)8-12-29-21-6-5-18(15-26)13-20(21)28-22(29)16-30-23-19(7-11-27-23)14-25(24(30)31)9-3-4-10-25/h5-7,11,13,17,27H,3-4,8-10,12,14-16,26H2,1-2H3. The predicted molar refractivity (Wildman–Crippen MR) is 124 cm³/mol. The fourth-order valence-electron chi connectivity index (χ4n) is 5.46. The summed E-state index contributed by atoms with van der Waals surface area (Å²) in [5.41, 5.74) is 10.1. The van der Waals surface area contributed by atoms with Crippen LogP contribution in [0.2, 0.25) is 0 Å². The Kier molecular flexibility index (Phi) is 5.13. The van der Waals surface area contributed by atoms with Crippen molar-refractivity contribution in [2.24, 2.45) is 17.1 Å². The van der Waals surface area contributed by atoms with Crippen LogP contribution in [0.3, 0.4) is 0 Å². The fraction of sp³-hybridized carbons (Fsp3) is 0.520. The predicted octanol–water partition coefficient (Wildman–Crippen LogP) is 4.52. The summed E-state index contributed by atoms with van der Waals surface area (Å²) in [5, 5.41) is 0. The normalized spacial score (nSPS) is 17.9. The Morgan fingerprint density at radius 3 is 2.77 bits per heavy atom. The van der Waals surface area contributed by atoms with E-state index in [9.17, 15) is 4.79 Å². The minimum atomic E-state index is -0.226. The second-order valence-corrected chi connectivity index (χ2v) is 9.80. The number of rotatable bonds is 6. The van der Waals surface area contributed by atoms with Gasteiger partial charge in [-0.15, -0.1) is 0 Å². The van der Waals surface area contributed by atoms with Crippen molar-refractivity contribution in [1.82, 2.24) is 14.5 Å². The van der Waals surface area contributed by atoms with Crippen LogP contribution in [-0.4, -0.2) is 20.4 Å². The summed E-state index contributed by atoms with van der Waals surface area (Å²) < 4.78 is 2.31. The van der Waals surface area contributed by atoms with Crippen LogP contribution in [-0.2, 0) is 30.8 Å². The Bertz CT molecular complexity index is 1100. The molecule has 6 heteroatoms. The third kappa shape index (κ3) is 3.47. The molecule has 1 spiro atoms. The number of aromatic amines is 1. The number of anilines is 1. The zero-order valence-corrected chi connectivity index (χ0v) is 18.7. The highest BCUT2D eigenvalue weighted by Gasteiger charge is 2.48. The first-order chi connectivity index (χ1) is 15.0. The van der Waals surface area contributed by atoms with Crippen molar-refractivity contribution in [3.05, 3.63) is 47.4 Å². The Hall–Kier alpha value is -2.60. The number of fused-ring (bicyclic) bond motifs is 2. The van der Waals surface area contributed by atoms with Crippen molar-refractivity contribution in [2.75, 3.05) is 4.90 Å². The van der Waals surface area contributed by atoms with Gasteiger partial charge >= 0.3 is 0 Å². The van der Waals surface area contributed by atoms with Gasteiger partial charge in [-0.2, -0.15) is 0 Å². The number of H-pyrrole nitrogens is 1. The van der Waals surface area contributed by atoms with Crippen LogP contribution in [0.5, 0.6) is 0 Å². The number of aryl methyl sites for hydroxylation is 1. The molecule has 2 aliphatic rings. The number of nitrogens with two attached hydrogens (primary N) is 1. The van der Waals surface area contributed by atoms with E-state index in [1.54, 1.807) is 0 Å². The molecule has 1 fully saturated rings. The lowest BCUT2D eigenvalue weighted by Crippen LogP contribution is -2.48. The molecular formula is C25H33N5O. The molecule has 3 aromatic rings. The summed E-state index contributed by atoms with van der Waals surface area (Å²) in [6.45, 7) is 6.39. The molecule has 0 radical (unpaired) electrons. The molecule has 1 aromatic carbocycles. The van der Waals surface area contributed by atoms with Gasteiger partial charge in [0, 0.05) is 19.3 Å². The molecule has 164 valence electrons. The Labute approximate surface area is 183 Å². The first-order valence-corrected chi connectivity index (χ1v) is 11.7. The summed E-state index contributed by atoms with van der Waals surface area (Å²) in [5.74, 6) is 2.77. The van der Waals surface area contributed by atoms with Crippen molar-refractivity contribution in [2.45, 2.75) is 72.0 Å². The maximum atomic E-state index is 13.8. The smallest absolute Gasteiger partial charge is 0.235 e. The quantitative estimate of drug-likeness (QED) is 0.616. The summed E-state index contributed by atoms with van der Waals surface area (Å²) in [6.07, 6.45) is 8.19. The fourth-order valence-corrected chi connectivity index (χ4v) is 5.46.